The van der Waals surface area contributed by atoms with Gasteiger partial charge in [0.2, 0.25) is 10.0 Å². The molecular formula is C30H36N2O7S. The third-order valence-electron chi connectivity index (χ3n) is 6.76. The van der Waals surface area contributed by atoms with Crippen LogP contribution in [-0.4, -0.2) is 49.4 Å². The number of alkyl carbamates (subject to hydrolysis) is 1. The number of hydrogen-bond acceptors (Lipinski definition) is 7. The number of sulfonamides is 1. The van der Waals surface area contributed by atoms with Crippen LogP contribution in [0.1, 0.15) is 43.7 Å². The van der Waals surface area contributed by atoms with Gasteiger partial charge in [-0.15, -0.1) is 0 Å². The van der Waals surface area contributed by atoms with Crippen molar-refractivity contribution in [2.24, 2.45) is 0 Å². The highest BCUT2D eigenvalue weighted by Gasteiger charge is 2.36. The molecule has 2 N–H and O–H groups in total. The molecular weight excluding hydrogens is 532 g/mol. The van der Waals surface area contributed by atoms with E-state index in [1.165, 1.54) is 26.2 Å². The molecule has 3 aromatic carbocycles. The van der Waals surface area contributed by atoms with Crippen LogP contribution in [0.4, 0.5) is 4.79 Å². The molecule has 0 aromatic heterocycles. The number of carbonyl (C=O) groups excluding carboxylic acids is 1. The van der Waals surface area contributed by atoms with Crippen LogP contribution in [0.3, 0.4) is 0 Å². The molecule has 4 rings (SSSR count). The predicted molar refractivity (Wildman–Crippen MR) is 150 cm³/mol. The Bertz CT molecular complexity index is 1340. The van der Waals surface area contributed by atoms with E-state index in [0.29, 0.717) is 17.1 Å². The van der Waals surface area contributed by atoms with Crippen molar-refractivity contribution in [1.29, 1.82) is 0 Å². The Morgan fingerprint density at radius 3 is 2.20 bits per heavy atom. The molecule has 0 bridgehead atoms. The van der Waals surface area contributed by atoms with E-state index < -0.39 is 28.4 Å². The Hall–Kier alpha value is -3.60. The molecule has 1 aliphatic carbocycles. The monoisotopic (exact) mass is 568 g/mol. The van der Waals surface area contributed by atoms with E-state index in [4.69, 9.17) is 14.2 Å². The van der Waals surface area contributed by atoms with Gasteiger partial charge in [-0.3, -0.25) is 0 Å². The Labute approximate surface area is 235 Å². The van der Waals surface area contributed by atoms with Crippen molar-refractivity contribution in [3.8, 4) is 11.5 Å². The topological polar surface area (TPSA) is 114 Å². The number of rotatable bonds is 12. The first-order chi connectivity index (χ1) is 19.3. The van der Waals surface area contributed by atoms with Gasteiger partial charge >= 0.3 is 6.09 Å². The second-order valence-corrected chi connectivity index (χ2v) is 11.7. The normalized spacial score (nSPS) is 15.4. The summed E-state index contributed by atoms with van der Waals surface area (Å²) in [5.41, 5.74) is 1.44. The second kappa shape index (κ2) is 13.6. The van der Waals surface area contributed by atoms with Crippen molar-refractivity contribution in [3.05, 3.63) is 90.0 Å². The first-order valence-corrected chi connectivity index (χ1v) is 14.8. The number of carbonyl (C=O) groups is 1. The van der Waals surface area contributed by atoms with Gasteiger partial charge in [0.25, 0.3) is 0 Å². The summed E-state index contributed by atoms with van der Waals surface area (Å²) >= 11 is 0. The molecule has 1 amide bonds. The van der Waals surface area contributed by atoms with Gasteiger partial charge in [0.05, 0.1) is 24.2 Å². The molecule has 9 nitrogen and oxygen atoms in total. The lowest BCUT2D eigenvalue weighted by Gasteiger charge is -2.33. The molecule has 3 aromatic rings. The average Bonchev–Trinajstić information content (AvgIpc) is 3.48. The summed E-state index contributed by atoms with van der Waals surface area (Å²) in [6, 6.07) is 22.5. The number of aliphatic hydroxyl groups is 1. The van der Waals surface area contributed by atoms with Gasteiger partial charge in [0.15, 0.2) is 11.5 Å². The number of methoxy groups -OCH3 is 1. The van der Waals surface area contributed by atoms with Gasteiger partial charge in [0.1, 0.15) is 12.8 Å². The lowest BCUT2D eigenvalue weighted by atomic mass is 10.2. The molecule has 10 heteroatoms. The highest BCUT2D eigenvalue weighted by atomic mass is 32.2. The maximum Gasteiger partial charge on any atom is 0.408 e. The van der Waals surface area contributed by atoms with Gasteiger partial charge < -0.3 is 24.6 Å². The number of hydrogen-bond donors (Lipinski definition) is 2. The standard InChI is InChI=1S/C30H36N2O7S/c1-22(33)29(31-30(34)38-21-24-13-7-4-8-14-24)32(20-23-11-5-3-6-12-23)40(35,36)26-17-18-27(37-2)28(19-26)39-25-15-9-10-16-25/h3-8,11-14,17-19,22,25,29,33H,9-10,15-16,20-21H2,1-2H3,(H,31,34)/t22-,29+/m1/s1. The van der Waals surface area contributed by atoms with Crippen molar-refractivity contribution in [2.75, 3.05) is 7.11 Å². The van der Waals surface area contributed by atoms with E-state index >= 15 is 0 Å². The minimum atomic E-state index is -4.27. The molecule has 0 unspecified atom stereocenters. The second-order valence-electron chi connectivity index (χ2n) is 9.76. The van der Waals surface area contributed by atoms with E-state index in [0.717, 1.165) is 35.6 Å². The zero-order valence-corrected chi connectivity index (χ0v) is 23.5. The van der Waals surface area contributed by atoms with Crippen LogP contribution in [0.25, 0.3) is 0 Å². The Morgan fingerprint density at radius 1 is 0.975 bits per heavy atom. The Balaban J connectivity index is 1.64. The maximum atomic E-state index is 14.2. The van der Waals surface area contributed by atoms with Gasteiger partial charge in [-0.2, -0.15) is 4.31 Å². The minimum absolute atomic E-state index is 0.00894. The summed E-state index contributed by atoms with van der Waals surface area (Å²) in [7, 11) is -2.77. The van der Waals surface area contributed by atoms with Crippen LogP contribution < -0.4 is 14.8 Å². The lowest BCUT2D eigenvalue weighted by molar-refractivity contribution is 0.0679. The zero-order valence-electron chi connectivity index (χ0n) is 22.7. The summed E-state index contributed by atoms with van der Waals surface area (Å²) in [6.45, 7) is 1.30. The number of aliphatic hydroxyl groups excluding tert-OH is 1. The first kappa shape index (κ1) is 29.4. The first-order valence-electron chi connectivity index (χ1n) is 13.3. The maximum absolute atomic E-state index is 14.2. The molecule has 1 saturated carbocycles. The fourth-order valence-corrected chi connectivity index (χ4v) is 6.26. The van der Waals surface area contributed by atoms with Gasteiger partial charge in [-0.1, -0.05) is 60.7 Å². The van der Waals surface area contributed by atoms with Crippen LogP contribution in [0, 0.1) is 0 Å². The van der Waals surface area contributed by atoms with E-state index in [1.54, 1.807) is 42.5 Å². The average molecular weight is 569 g/mol. The van der Waals surface area contributed by atoms with Crippen molar-refractivity contribution >= 4 is 16.1 Å². The van der Waals surface area contributed by atoms with E-state index in [-0.39, 0.29) is 24.2 Å². The fourth-order valence-electron chi connectivity index (χ4n) is 4.65. The lowest BCUT2D eigenvalue weighted by Crippen LogP contribution is -2.55. The van der Waals surface area contributed by atoms with Gasteiger partial charge in [-0.05, 0) is 55.9 Å². The molecule has 0 aliphatic heterocycles. The highest BCUT2D eigenvalue weighted by Crippen LogP contribution is 2.35. The fraction of sp³-hybridized carbons (Fsp3) is 0.367. The van der Waals surface area contributed by atoms with Crippen LogP contribution in [-0.2, 0) is 27.9 Å². The Kier molecular flexibility index (Phi) is 10.0. The van der Waals surface area contributed by atoms with Gasteiger partial charge in [-0.25, -0.2) is 13.2 Å². The largest absolute Gasteiger partial charge is 0.493 e. The third kappa shape index (κ3) is 7.53. The van der Waals surface area contributed by atoms with Gasteiger partial charge in [0, 0.05) is 12.6 Å². The predicted octanol–water partition coefficient (Wildman–Crippen LogP) is 4.84. The van der Waals surface area contributed by atoms with Crippen LogP contribution in [0.5, 0.6) is 11.5 Å². The van der Waals surface area contributed by atoms with E-state index in [9.17, 15) is 18.3 Å². The van der Waals surface area contributed by atoms with E-state index in [2.05, 4.69) is 5.32 Å². The third-order valence-corrected chi connectivity index (χ3v) is 8.59. The van der Waals surface area contributed by atoms with Crippen molar-refractivity contribution in [1.82, 2.24) is 9.62 Å². The molecule has 0 heterocycles. The highest BCUT2D eigenvalue weighted by molar-refractivity contribution is 7.89. The molecule has 214 valence electrons. The van der Waals surface area contributed by atoms with Crippen molar-refractivity contribution in [3.63, 3.8) is 0 Å². The zero-order chi connectivity index (χ0) is 28.5. The van der Waals surface area contributed by atoms with E-state index in [1.807, 2.05) is 24.3 Å². The molecule has 1 aliphatic rings. The SMILES string of the molecule is COc1ccc(S(=O)(=O)N(Cc2ccccc2)[C@H](NC(=O)OCc2ccccc2)[C@@H](C)O)cc1OC1CCCC1. The smallest absolute Gasteiger partial charge is 0.408 e. The summed E-state index contributed by atoms with van der Waals surface area (Å²) in [5, 5.41) is 13.3. The Morgan fingerprint density at radius 2 is 1.60 bits per heavy atom. The van der Waals surface area contributed by atoms with Crippen LogP contribution in [0.15, 0.2) is 83.8 Å². The quantitative estimate of drug-likeness (QED) is 0.301. The molecule has 2 atom stereocenters. The summed E-state index contributed by atoms with van der Waals surface area (Å²) in [4.78, 5) is 12.7. The van der Waals surface area contributed by atoms with Crippen molar-refractivity contribution in [2.45, 2.75) is 69.0 Å². The number of benzene rings is 3. The van der Waals surface area contributed by atoms with Crippen LogP contribution in [0.2, 0.25) is 0 Å². The molecule has 1 fully saturated rings. The molecule has 0 spiro atoms. The number of ether oxygens (including phenoxy) is 3. The number of amides is 1. The van der Waals surface area contributed by atoms with Crippen LogP contribution >= 0.6 is 0 Å². The molecule has 40 heavy (non-hydrogen) atoms. The molecule has 0 saturated heterocycles. The number of nitrogens with zero attached hydrogens (tertiary/aromatic N) is 1. The minimum Gasteiger partial charge on any atom is -0.493 e. The summed E-state index contributed by atoms with van der Waals surface area (Å²) in [5.74, 6) is 0.758. The van der Waals surface area contributed by atoms with Crippen molar-refractivity contribution < 1.29 is 32.5 Å². The number of nitrogens with one attached hydrogen (secondary N) is 1. The summed E-state index contributed by atoms with van der Waals surface area (Å²) < 4.78 is 46.3. The summed E-state index contributed by atoms with van der Waals surface area (Å²) in [6.07, 6.45) is 0.417. The molecule has 0 radical (unpaired) electrons.